The molecule has 0 saturated carbocycles. The molecule has 4 nitrogen and oxygen atoms in total. The van der Waals surface area contributed by atoms with E-state index in [0.29, 0.717) is 22.3 Å². The topological polar surface area (TPSA) is 54.5 Å². The van der Waals surface area contributed by atoms with Crippen LogP contribution in [0.15, 0.2) is 79.0 Å². The summed E-state index contributed by atoms with van der Waals surface area (Å²) in [5.41, 5.74) is 6.89. The predicted octanol–water partition coefficient (Wildman–Crippen LogP) is 6.26. The van der Waals surface area contributed by atoms with Crippen LogP contribution >= 0.6 is 0 Å². The molecule has 0 heterocycles. The van der Waals surface area contributed by atoms with Gasteiger partial charge in [-0.25, -0.2) is 14.9 Å². The minimum absolute atomic E-state index is 0.00863. The maximum atomic E-state index is 13.0. The highest BCUT2D eigenvalue weighted by Gasteiger charge is 2.30. The van der Waals surface area contributed by atoms with E-state index in [2.05, 4.69) is 11.4 Å². The molecular weight excluding hydrogens is 384 g/mol. The van der Waals surface area contributed by atoms with Crippen LogP contribution in [0.1, 0.15) is 39.5 Å². The molecule has 3 aromatic carbocycles. The lowest BCUT2D eigenvalue weighted by Gasteiger charge is -2.10. The van der Waals surface area contributed by atoms with Crippen molar-refractivity contribution in [3.63, 3.8) is 0 Å². The Balaban J connectivity index is 1.71. The van der Waals surface area contributed by atoms with E-state index in [4.69, 9.17) is 11.3 Å². The van der Waals surface area contributed by atoms with Gasteiger partial charge in [0.15, 0.2) is 0 Å². The Hall–Kier alpha value is -4.41. The Bertz CT molecular complexity index is 1320. The van der Waals surface area contributed by atoms with Gasteiger partial charge in [0.2, 0.25) is 0 Å². The Kier molecular flexibility index (Phi) is 5.22. The number of carbonyl (C=O) groups excluding carboxylic acids is 1. The Morgan fingerprint density at radius 1 is 1.03 bits per heavy atom. The van der Waals surface area contributed by atoms with Crippen LogP contribution in [0, 0.1) is 17.9 Å². The molecule has 0 amide bonds. The predicted molar refractivity (Wildman–Crippen MR) is 120 cm³/mol. The number of fused-ring (bicyclic) bond motifs is 3. The molecule has 0 aromatic heterocycles. The normalized spacial score (nSPS) is 12.7. The van der Waals surface area contributed by atoms with Gasteiger partial charge in [-0.3, -0.25) is 0 Å². The zero-order chi connectivity index (χ0) is 22.0. The van der Waals surface area contributed by atoms with Crippen LogP contribution in [-0.2, 0) is 11.3 Å². The zero-order valence-electron chi connectivity index (χ0n) is 17.0. The fourth-order valence-corrected chi connectivity index (χ4v) is 3.79. The maximum absolute atomic E-state index is 13.0. The van der Waals surface area contributed by atoms with Crippen LogP contribution < -0.4 is 0 Å². The molecule has 0 aliphatic heterocycles. The fraction of sp³-hybridized carbons (Fsp3) is 0.0741. The van der Waals surface area contributed by atoms with Crippen LogP contribution in [0.3, 0.4) is 0 Å². The number of benzene rings is 3. The number of esters is 1. The first-order valence-corrected chi connectivity index (χ1v) is 9.72. The summed E-state index contributed by atoms with van der Waals surface area (Å²) in [6.45, 7) is 13.4. The lowest BCUT2D eigenvalue weighted by molar-refractivity contribution is 0.0473. The summed E-state index contributed by atoms with van der Waals surface area (Å²) in [5.74, 6) is -0.446. The summed E-state index contributed by atoms with van der Waals surface area (Å²) in [4.78, 5) is 16.4. The second kappa shape index (κ2) is 8.14. The van der Waals surface area contributed by atoms with E-state index in [1.165, 1.54) is 0 Å². The van der Waals surface area contributed by atoms with Gasteiger partial charge in [-0.05, 0) is 40.8 Å². The molecule has 31 heavy (non-hydrogen) atoms. The van der Waals surface area contributed by atoms with Gasteiger partial charge < -0.3 is 4.74 Å². The van der Waals surface area contributed by atoms with Gasteiger partial charge in [-0.2, -0.15) is 0 Å². The van der Waals surface area contributed by atoms with Crippen molar-refractivity contribution in [2.24, 2.45) is 0 Å². The summed E-state index contributed by atoms with van der Waals surface area (Å²) in [6.07, 6.45) is 0. The third kappa shape index (κ3) is 3.52. The minimum Gasteiger partial charge on any atom is -0.457 e. The minimum atomic E-state index is -0.446. The average Bonchev–Trinajstić information content (AvgIpc) is 3.13. The summed E-state index contributed by atoms with van der Waals surface area (Å²) in [7, 11) is 0. The standard InChI is InChI=1S/C27H18N2O2/c1-17(2)19-13-11-18(12-14-19)16-31-27(30)23-10-6-9-22-25(23)20-7-4-5-8-21(20)26(22)24(15-28)29-3/h4-14H,1,16H2,2H3/b26-24+. The quantitative estimate of drug-likeness (QED) is 0.230. The van der Waals surface area contributed by atoms with Crippen LogP contribution in [-0.4, -0.2) is 5.97 Å². The number of nitriles is 1. The molecule has 3 aromatic rings. The van der Waals surface area contributed by atoms with Crippen molar-refractivity contribution in [3.8, 4) is 17.2 Å². The second-order valence-corrected chi connectivity index (χ2v) is 7.27. The van der Waals surface area contributed by atoms with Crippen molar-refractivity contribution >= 4 is 17.1 Å². The number of hydrogen-bond donors (Lipinski definition) is 0. The highest BCUT2D eigenvalue weighted by molar-refractivity contribution is 6.10. The van der Waals surface area contributed by atoms with Gasteiger partial charge >= 0.3 is 5.97 Å². The number of hydrogen-bond acceptors (Lipinski definition) is 3. The monoisotopic (exact) mass is 402 g/mol. The molecule has 1 aliphatic carbocycles. The third-order valence-electron chi connectivity index (χ3n) is 5.29. The molecule has 0 radical (unpaired) electrons. The molecule has 148 valence electrons. The molecule has 0 atom stereocenters. The number of nitrogens with zero attached hydrogens (tertiary/aromatic N) is 2. The Labute approximate surface area is 181 Å². The molecular formula is C27H18N2O2. The third-order valence-corrected chi connectivity index (χ3v) is 5.29. The number of allylic oxidation sites excluding steroid dienone is 2. The summed E-state index contributed by atoms with van der Waals surface area (Å²) in [6, 6.07) is 22.5. The molecule has 4 rings (SSSR count). The van der Waals surface area contributed by atoms with E-state index in [0.717, 1.165) is 27.8 Å². The molecule has 0 N–H and O–H groups in total. The number of carbonyl (C=O) groups is 1. The first-order valence-electron chi connectivity index (χ1n) is 9.72. The van der Waals surface area contributed by atoms with Crippen LogP contribution in [0.4, 0.5) is 0 Å². The van der Waals surface area contributed by atoms with E-state index in [-0.39, 0.29) is 12.3 Å². The highest BCUT2D eigenvalue weighted by Crippen LogP contribution is 2.47. The number of ether oxygens (including phenoxy) is 1. The van der Waals surface area contributed by atoms with Crippen molar-refractivity contribution in [2.75, 3.05) is 0 Å². The summed E-state index contributed by atoms with van der Waals surface area (Å²) in [5, 5.41) is 9.46. The largest absolute Gasteiger partial charge is 0.457 e. The Morgan fingerprint density at radius 3 is 2.35 bits per heavy atom. The average molecular weight is 402 g/mol. The first kappa shape index (κ1) is 19.9. The van der Waals surface area contributed by atoms with Crippen LogP contribution in [0.5, 0.6) is 0 Å². The molecule has 0 spiro atoms. The van der Waals surface area contributed by atoms with E-state index in [9.17, 15) is 10.1 Å². The van der Waals surface area contributed by atoms with E-state index < -0.39 is 5.97 Å². The molecule has 0 saturated heterocycles. The van der Waals surface area contributed by atoms with E-state index in [1.54, 1.807) is 12.1 Å². The molecule has 0 unspecified atom stereocenters. The first-order chi connectivity index (χ1) is 15.0. The highest BCUT2D eigenvalue weighted by atomic mass is 16.5. The molecule has 0 fully saturated rings. The second-order valence-electron chi connectivity index (χ2n) is 7.27. The zero-order valence-corrected chi connectivity index (χ0v) is 17.0. The summed E-state index contributed by atoms with van der Waals surface area (Å²) >= 11 is 0. The van der Waals surface area contributed by atoms with Gasteiger partial charge in [-0.1, -0.05) is 72.8 Å². The lowest BCUT2D eigenvalue weighted by Crippen LogP contribution is -2.07. The summed E-state index contributed by atoms with van der Waals surface area (Å²) < 4.78 is 5.60. The van der Waals surface area contributed by atoms with Gasteiger partial charge in [0.05, 0.1) is 18.2 Å². The lowest BCUT2D eigenvalue weighted by atomic mass is 9.99. The number of rotatable bonds is 4. The Morgan fingerprint density at radius 2 is 1.71 bits per heavy atom. The van der Waals surface area contributed by atoms with Crippen molar-refractivity contribution in [3.05, 3.63) is 118 Å². The van der Waals surface area contributed by atoms with E-state index >= 15 is 0 Å². The van der Waals surface area contributed by atoms with Gasteiger partial charge in [0.25, 0.3) is 5.70 Å². The van der Waals surface area contributed by atoms with Crippen molar-refractivity contribution in [2.45, 2.75) is 13.5 Å². The van der Waals surface area contributed by atoms with Gasteiger partial charge in [0, 0.05) is 11.1 Å². The van der Waals surface area contributed by atoms with Gasteiger partial charge in [0.1, 0.15) is 6.61 Å². The molecule has 0 bridgehead atoms. The smallest absolute Gasteiger partial charge is 0.339 e. The van der Waals surface area contributed by atoms with Crippen molar-refractivity contribution in [1.29, 1.82) is 5.26 Å². The van der Waals surface area contributed by atoms with Crippen LogP contribution in [0.2, 0.25) is 0 Å². The van der Waals surface area contributed by atoms with Crippen molar-refractivity contribution in [1.82, 2.24) is 0 Å². The van der Waals surface area contributed by atoms with Gasteiger partial charge in [-0.15, -0.1) is 0 Å². The fourth-order valence-electron chi connectivity index (χ4n) is 3.79. The van der Waals surface area contributed by atoms with E-state index in [1.807, 2.05) is 67.6 Å². The molecule has 4 heteroatoms. The van der Waals surface area contributed by atoms with Crippen molar-refractivity contribution < 1.29 is 9.53 Å². The maximum Gasteiger partial charge on any atom is 0.339 e. The molecule has 1 aliphatic rings. The van der Waals surface area contributed by atoms with Crippen LogP contribution in [0.25, 0.3) is 27.1 Å². The SMILES string of the molecule is [C-]#[N+]/C(C#N)=C1\c2ccccc2-c2c(C(=O)OCc3ccc(C(=C)C)cc3)cccc21.